The molecule has 1 aromatic heterocycles. The van der Waals surface area contributed by atoms with E-state index < -0.39 is 13.4 Å². The normalized spacial score (nSPS) is 15.3. The molecule has 3 aromatic rings. The summed E-state index contributed by atoms with van der Waals surface area (Å²) >= 11 is 0. The maximum atomic E-state index is 15.0. The van der Waals surface area contributed by atoms with Crippen LogP contribution in [0.3, 0.4) is 0 Å². The van der Waals surface area contributed by atoms with E-state index in [4.69, 9.17) is 18.5 Å². The molecular weight excluding hydrogens is 566 g/mol. The Labute approximate surface area is 256 Å². The van der Waals surface area contributed by atoms with E-state index in [0.717, 1.165) is 40.8 Å². The molecule has 43 heavy (non-hydrogen) atoms. The van der Waals surface area contributed by atoms with Gasteiger partial charge in [0, 0.05) is 50.4 Å². The van der Waals surface area contributed by atoms with E-state index in [1.54, 1.807) is 6.07 Å². The van der Waals surface area contributed by atoms with Crippen LogP contribution < -0.4 is 9.47 Å². The van der Waals surface area contributed by atoms with Gasteiger partial charge in [0.1, 0.15) is 18.2 Å². The summed E-state index contributed by atoms with van der Waals surface area (Å²) in [7, 11) is 1.19. The van der Waals surface area contributed by atoms with Gasteiger partial charge in [0.05, 0.1) is 19.0 Å². The second kappa shape index (κ2) is 14.3. The SMILES string of the molecule is COc1cc(-c2ccc(COc3cccc(C(C4CC4)C(C)P(=O)(OC)OC)c3)cc2CN(C(C)C)C(C)C)c(F)cn1. The molecule has 4 rings (SSSR count). The second-order valence-electron chi connectivity index (χ2n) is 11.9. The Morgan fingerprint density at radius 3 is 2.26 bits per heavy atom. The number of halogens is 1. The topological polar surface area (TPSA) is 70.1 Å². The van der Waals surface area contributed by atoms with Crippen molar-refractivity contribution in [3.63, 3.8) is 0 Å². The minimum Gasteiger partial charge on any atom is -0.489 e. The highest BCUT2D eigenvalue weighted by molar-refractivity contribution is 7.54. The summed E-state index contributed by atoms with van der Waals surface area (Å²) in [5.41, 5.74) is 4.04. The van der Waals surface area contributed by atoms with Gasteiger partial charge < -0.3 is 18.5 Å². The number of hydrogen-bond acceptors (Lipinski definition) is 7. The van der Waals surface area contributed by atoms with Gasteiger partial charge in [-0.05, 0) is 80.8 Å². The predicted molar refractivity (Wildman–Crippen MR) is 169 cm³/mol. The Morgan fingerprint density at radius 1 is 0.953 bits per heavy atom. The molecule has 0 radical (unpaired) electrons. The van der Waals surface area contributed by atoms with Gasteiger partial charge in [-0.2, -0.15) is 0 Å². The molecule has 1 fully saturated rings. The van der Waals surface area contributed by atoms with Crippen molar-refractivity contribution in [2.24, 2.45) is 5.92 Å². The number of methoxy groups -OCH3 is 1. The molecule has 2 unspecified atom stereocenters. The Morgan fingerprint density at radius 2 is 1.65 bits per heavy atom. The standard InChI is InChI=1S/C34H46FN2O5P/c1-22(2)37(23(3)4)20-28-16-25(12-15-30(28)31-18-33(39-6)36-19-32(31)35)21-42-29-11-9-10-27(17-29)34(26-13-14-26)24(5)43(38,40-7)41-8/h9-12,15-19,22-24,26,34H,13-14,20-21H2,1-8H3. The predicted octanol–water partition coefficient (Wildman–Crippen LogP) is 8.46. The third kappa shape index (κ3) is 7.85. The Hall–Kier alpha value is -2.77. The van der Waals surface area contributed by atoms with Crippen molar-refractivity contribution in [1.29, 1.82) is 0 Å². The highest BCUT2D eigenvalue weighted by Crippen LogP contribution is 2.60. The lowest BCUT2D eigenvalue weighted by molar-refractivity contribution is 0.166. The average molecular weight is 613 g/mol. The van der Waals surface area contributed by atoms with Gasteiger partial charge in [0.2, 0.25) is 5.88 Å². The zero-order valence-electron chi connectivity index (χ0n) is 26.7. The molecule has 1 aliphatic rings. The van der Waals surface area contributed by atoms with Crippen molar-refractivity contribution >= 4 is 7.60 Å². The third-order valence-corrected chi connectivity index (χ3v) is 10.8. The third-order valence-electron chi connectivity index (χ3n) is 8.48. The number of benzene rings is 2. The average Bonchev–Trinajstić information content (AvgIpc) is 3.84. The molecular formula is C34H46FN2O5P. The first-order valence-electron chi connectivity index (χ1n) is 15.0. The summed E-state index contributed by atoms with van der Waals surface area (Å²) in [5.74, 6) is 1.20. The van der Waals surface area contributed by atoms with Crippen LogP contribution in [0.1, 0.15) is 70.1 Å². The van der Waals surface area contributed by atoms with Crippen molar-refractivity contribution < 1.29 is 27.5 Å². The van der Waals surface area contributed by atoms with Crippen molar-refractivity contribution in [3.8, 4) is 22.8 Å². The van der Waals surface area contributed by atoms with Crippen molar-refractivity contribution in [2.75, 3.05) is 21.3 Å². The van der Waals surface area contributed by atoms with Crippen LogP contribution in [-0.2, 0) is 26.8 Å². The summed E-state index contributed by atoms with van der Waals surface area (Å²) < 4.78 is 50.6. The van der Waals surface area contributed by atoms with Crippen molar-refractivity contribution in [1.82, 2.24) is 9.88 Å². The fourth-order valence-electron chi connectivity index (χ4n) is 6.01. The van der Waals surface area contributed by atoms with Crippen LogP contribution in [0, 0.1) is 11.7 Å². The number of aromatic nitrogens is 1. The number of nitrogens with zero attached hydrogens (tertiary/aromatic N) is 2. The van der Waals surface area contributed by atoms with Gasteiger partial charge in [-0.15, -0.1) is 0 Å². The molecule has 7 nitrogen and oxygen atoms in total. The van der Waals surface area contributed by atoms with Crippen LogP contribution in [0.2, 0.25) is 0 Å². The molecule has 0 saturated heterocycles. The van der Waals surface area contributed by atoms with Gasteiger partial charge in [-0.25, -0.2) is 9.37 Å². The van der Waals surface area contributed by atoms with E-state index in [0.29, 0.717) is 42.6 Å². The number of pyridine rings is 1. The van der Waals surface area contributed by atoms with Gasteiger partial charge in [0.25, 0.3) is 0 Å². The van der Waals surface area contributed by atoms with Crippen LogP contribution in [-0.4, -0.2) is 49.0 Å². The van der Waals surface area contributed by atoms with E-state index in [1.807, 2.05) is 37.3 Å². The van der Waals surface area contributed by atoms with Crippen LogP contribution in [0.4, 0.5) is 4.39 Å². The van der Waals surface area contributed by atoms with E-state index in [9.17, 15) is 4.57 Å². The minimum absolute atomic E-state index is 0.0467. The molecule has 0 bridgehead atoms. The smallest absolute Gasteiger partial charge is 0.333 e. The molecule has 0 spiro atoms. The Bertz CT molecular complexity index is 1410. The largest absolute Gasteiger partial charge is 0.489 e. The maximum Gasteiger partial charge on any atom is 0.333 e. The highest BCUT2D eigenvalue weighted by atomic mass is 31.2. The monoisotopic (exact) mass is 612 g/mol. The fourth-order valence-corrected chi connectivity index (χ4v) is 7.63. The fraction of sp³-hybridized carbons (Fsp3) is 0.500. The zero-order valence-corrected chi connectivity index (χ0v) is 27.6. The van der Waals surface area contributed by atoms with E-state index >= 15 is 4.39 Å². The lowest BCUT2D eigenvalue weighted by Gasteiger charge is -2.31. The van der Waals surface area contributed by atoms with Crippen LogP contribution in [0.5, 0.6) is 11.6 Å². The quantitative estimate of drug-likeness (QED) is 0.160. The van der Waals surface area contributed by atoms with Crippen LogP contribution >= 0.6 is 7.60 Å². The first-order valence-corrected chi connectivity index (χ1v) is 16.6. The van der Waals surface area contributed by atoms with Crippen LogP contribution in [0.15, 0.2) is 54.7 Å². The lowest BCUT2D eigenvalue weighted by Crippen LogP contribution is -2.36. The molecule has 1 aliphatic carbocycles. The Balaban J connectivity index is 1.62. The summed E-state index contributed by atoms with van der Waals surface area (Å²) in [6.07, 6.45) is 3.39. The maximum absolute atomic E-state index is 15.0. The van der Waals surface area contributed by atoms with E-state index in [-0.39, 0.29) is 11.6 Å². The summed E-state index contributed by atoms with van der Waals surface area (Å²) in [6.45, 7) is 11.6. The minimum atomic E-state index is -3.24. The molecule has 1 saturated carbocycles. The molecule has 2 aromatic carbocycles. The molecule has 1 heterocycles. The first-order chi connectivity index (χ1) is 20.5. The van der Waals surface area contributed by atoms with Crippen molar-refractivity contribution in [2.45, 2.75) is 84.3 Å². The molecule has 0 aliphatic heterocycles. The van der Waals surface area contributed by atoms with Gasteiger partial charge in [-0.3, -0.25) is 9.46 Å². The first kappa shape index (κ1) is 33.1. The second-order valence-corrected chi connectivity index (χ2v) is 14.6. The highest BCUT2D eigenvalue weighted by Gasteiger charge is 2.44. The van der Waals surface area contributed by atoms with Gasteiger partial charge >= 0.3 is 7.60 Å². The molecule has 234 valence electrons. The van der Waals surface area contributed by atoms with Gasteiger partial charge in [-0.1, -0.05) is 37.3 Å². The molecule has 0 N–H and O–H groups in total. The molecule has 0 amide bonds. The number of rotatable bonds is 15. The summed E-state index contributed by atoms with van der Waals surface area (Å²) in [5, 5.41) is 0. The summed E-state index contributed by atoms with van der Waals surface area (Å²) in [6, 6.07) is 16.3. The van der Waals surface area contributed by atoms with E-state index in [2.05, 4.69) is 49.7 Å². The zero-order chi connectivity index (χ0) is 31.3. The van der Waals surface area contributed by atoms with Gasteiger partial charge in [0.15, 0.2) is 0 Å². The molecule has 9 heteroatoms. The Kier molecular flexibility index (Phi) is 11.0. The molecule has 2 atom stereocenters. The van der Waals surface area contributed by atoms with Crippen molar-refractivity contribution in [3.05, 3.63) is 77.2 Å². The summed E-state index contributed by atoms with van der Waals surface area (Å²) in [4.78, 5) is 6.40. The number of ether oxygens (including phenoxy) is 2. The van der Waals surface area contributed by atoms with Crippen LogP contribution in [0.25, 0.3) is 11.1 Å². The lowest BCUT2D eigenvalue weighted by atomic mass is 9.91. The number of hydrogen-bond donors (Lipinski definition) is 0. The van der Waals surface area contributed by atoms with E-state index in [1.165, 1.54) is 27.5 Å².